The van der Waals surface area contributed by atoms with E-state index in [-0.39, 0.29) is 17.0 Å². The predicted molar refractivity (Wildman–Crippen MR) is 47.0 cm³/mol. The van der Waals surface area contributed by atoms with Crippen molar-refractivity contribution in [1.29, 1.82) is 0 Å². The largest absolute Gasteiger partial charge is 0.297 e. The monoisotopic (exact) mass is 245 g/mol. The molecule has 0 aromatic rings. The molecule has 0 fully saturated rings. The summed E-state index contributed by atoms with van der Waals surface area (Å²) in [5, 5.41) is 0. The molecule has 0 spiro atoms. The summed E-state index contributed by atoms with van der Waals surface area (Å²) in [5.74, 6) is 0. The van der Waals surface area contributed by atoms with Crippen LogP contribution in [0.2, 0.25) is 0 Å². The van der Waals surface area contributed by atoms with Crippen LogP contribution in [0.5, 0.6) is 0 Å². The van der Waals surface area contributed by atoms with Crippen LogP contribution >= 0.6 is 32.9 Å². The molecule has 0 aliphatic rings. The minimum Gasteiger partial charge on any atom is -0.297 e. The van der Waals surface area contributed by atoms with Crippen molar-refractivity contribution in [2.45, 2.75) is 18.3 Å². The third-order valence-electron chi connectivity index (χ3n) is 0.897. The van der Waals surface area contributed by atoms with Gasteiger partial charge in [0.15, 0.2) is 0 Å². The van der Waals surface area contributed by atoms with Crippen LogP contribution in [-0.4, -0.2) is 23.9 Å². The first-order valence-corrected chi connectivity index (χ1v) is 3.40. The zero-order valence-electron chi connectivity index (χ0n) is 5.52. The Balaban J connectivity index is 0. The Morgan fingerprint density at radius 2 is 1.88 bits per heavy atom. The van der Waals surface area contributed by atoms with E-state index in [0.29, 0.717) is 4.95 Å². The Morgan fingerprint density at radius 1 is 1.50 bits per heavy atom. The first-order valence-electron chi connectivity index (χ1n) is 2.49. The molecule has 0 aliphatic heterocycles. The Hall–Kier alpha value is 0.920. The minimum atomic E-state index is 0. The van der Waals surface area contributed by atoms with E-state index in [1.165, 1.54) is 0 Å². The van der Waals surface area contributed by atoms with Gasteiger partial charge in [0.05, 0.1) is 4.95 Å². The molecule has 0 heterocycles. The highest BCUT2D eigenvalue weighted by atomic mass is 79.9. The molecule has 0 aliphatic carbocycles. The average molecular weight is 247 g/mol. The molecule has 0 bridgehead atoms. The summed E-state index contributed by atoms with van der Waals surface area (Å²) in [6.07, 6.45) is 1.16. The van der Waals surface area contributed by atoms with E-state index in [2.05, 4.69) is 41.8 Å². The van der Waals surface area contributed by atoms with Crippen LogP contribution in [0.25, 0.3) is 0 Å². The Bertz CT molecular complexity index is 47.7. The summed E-state index contributed by atoms with van der Waals surface area (Å²) in [6, 6.07) is 0. The number of rotatable bonds is 2. The Morgan fingerprint density at radius 3 is 1.88 bits per heavy atom. The van der Waals surface area contributed by atoms with Crippen LogP contribution in [0.4, 0.5) is 0 Å². The summed E-state index contributed by atoms with van der Waals surface area (Å²) in [7, 11) is 4.12. The van der Waals surface area contributed by atoms with Crippen molar-refractivity contribution in [3.05, 3.63) is 0 Å². The van der Waals surface area contributed by atoms with Gasteiger partial charge in [0, 0.05) is 0 Å². The highest BCUT2D eigenvalue weighted by Crippen LogP contribution is 2.04. The quantitative estimate of drug-likeness (QED) is 0.534. The fraction of sp³-hybridized carbons (Fsp3) is 1.00. The van der Waals surface area contributed by atoms with Crippen LogP contribution in [0.1, 0.15) is 13.3 Å². The smallest absolute Gasteiger partial charge is 0.0648 e. The van der Waals surface area contributed by atoms with E-state index >= 15 is 0 Å². The zero-order chi connectivity index (χ0) is 5.86. The fourth-order valence-electron chi connectivity index (χ4n) is 0.365. The van der Waals surface area contributed by atoms with Gasteiger partial charge >= 0.3 is 0 Å². The van der Waals surface area contributed by atoms with E-state index in [9.17, 15) is 0 Å². The second-order valence-electron chi connectivity index (χ2n) is 1.81. The molecular weight excluding hydrogens is 234 g/mol. The Labute approximate surface area is 70.3 Å². The molecule has 0 aromatic heterocycles. The van der Waals surface area contributed by atoms with E-state index in [0.717, 1.165) is 6.42 Å². The summed E-state index contributed by atoms with van der Waals surface area (Å²) >= 11 is 3.47. The van der Waals surface area contributed by atoms with E-state index < -0.39 is 0 Å². The first kappa shape index (κ1) is 11.7. The number of nitrogens with zero attached hydrogens (tertiary/aromatic N) is 1. The molecule has 8 heavy (non-hydrogen) atoms. The molecule has 1 unspecified atom stereocenters. The van der Waals surface area contributed by atoms with Crippen molar-refractivity contribution in [1.82, 2.24) is 4.90 Å². The molecule has 0 amide bonds. The number of alkyl halides is 1. The minimum absolute atomic E-state index is 0. The number of hydrogen-bond donors (Lipinski definition) is 0. The standard InChI is InChI=1S/C5H12BrN.BrH/c1-4-5(6)7(2)3;/h5H,4H2,1-3H3;1H. The van der Waals surface area contributed by atoms with E-state index in [1.807, 2.05) is 0 Å². The summed E-state index contributed by atoms with van der Waals surface area (Å²) in [4.78, 5) is 2.69. The SMILES string of the molecule is Br.CCC(Br)N(C)C. The molecule has 0 saturated carbocycles. The van der Waals surface area contributed by atoms with Gasteiger partial charge in [-0.3, -0.25) is 4.90 Å². The summed E-state index contributed by atoms with van der Waals surface area (Å²) in [6.45, 7) is 2.15. The van der Waals surface area contributed by atoms with Gasteiger partial charge in [-0.05, 0) is 20.5 Å². The van der Waals surface area contributed by atoms with Gasteiger partial charge in [-0.1, -0.05) is 22.9 Å². The normalized spacial score (nSPS) is 13.1. The molecule has 0 saturated heterocycles. The lowest BCUT2D eigenvalue weighted by atomic mass is 10.5. The van der Waals surface area contributed by atoms with Crippen LogP contribution in [-0.2, 0) is 0 Å². The van der Waals surface area contributed by atoms with Gasteiger partial charge in [0.25, 0.3) is 0 Å². The molecule has 0 aromatic carbocycles. The lowest BCUT2D eigenvalue weighted by Crippen LogP contribution is -2.20. The number of hydrogen-bond acceptors (Lipinski definition) is 1. The van der Waals surface area contributed by atoms with Crippen molar-refractivity contribution in [2.24, 2.45) is 0 Å². The van der Waals surface area contributed by atoms with Crippen molar-refractivity contribution in [3.8, 4) is 0 Å². The second kappa shape index (κ2) is 6.05. The van der Waals surface area contributed by atoms with Gasteiger partial charge in [-0.2, -0.15) is 0 Å². The first-order chi connectivity index (χ1) is 3.18. The lowest BCUT2D eigenvalue weighted by molar-refractivity contribution is 0.382. The highest BCUT2D eigenvalue weighted by molar-refractivity contribution is 9.09. The molecule has 0 radical (unpaired) electrons. The fourth-order valence-corrected chi connectivity index (χ4v) is 0.365. The van der Waals surface area contributed by atoms with Gasteiger partial charge in [0.2, 0.25) is 0 Å². The lowest BCUT2D eigenvalue weighted by Gasteiger charge is -2.14. The van der Waals surface area contributed by atoms with Gasteiger partial charge in [-0.15, -0.1) is 17.0 Å². The third-order valence-corrected chi connectivity index (χ3v) is 2.36. The van der Waals surface area contributed by atoms with Crippen LogP contribution in [0, 0.1) is 0 Å². The topological polar surface area (TPSA) is 3.24 Å². The molecule has 1 atom stereocenters. The Kier molecular flexibility index (Phi) is 8.83. The molecule has 0 N–H and O–H groups in total. The average Bonchev–Trinajstić information content (AvgIpc) is 1.65. The third kappa shape index (κ3) is 5.06. The van der Waals surface area contributed by atoms with Crippen molar-refractivity contribution in [2.75, 3.05) is 14.1 Å². The molecular formula is C5H13Br2N. The van der Waals surface area contributed by atoms with Crippen molar-refractivity contribution < 1.29 is 0 Å². The summed E-state index contributed by atoms with van der Waals surface area (Å²) < 4.78 is 0. The van der Waals surface area contributed by atoms with Crippen LogP contribution in [0.3, 0.4) is 0 Å². The van der Waals surface area contributed by atoms with Crippen molar-refractivity contribution >= 4 is 32.9 Å². The summed E-state index contributed by atoms with van der Waals surface area (Å²) in [5.41, 5.74) is 0. The van der Waals surface area contributed by atoms with Gasteiger partial charge < -0.3 is 0 Å². The molecule has 52 valence electrons. The van der Waals surface area contributed by atoms with Crippen LogP contribution < -0.4 is 0 Å². The molecule has 0 rings (SSSR count). The second-order valence-corrected chi connectivity index (χ2v) is 2.86. The van der Waals surface area contributed by atoms with Gasteiger partial charge in [0.1, 0.15) is 0 Å². The maximum Gasteiger partial charge on any atom is 0.0648 e. The van der Waals surface area contributed by atoms with E-state index in [1.54, 1.807) is 0 Å². The number of halogens is 2. The van der Waals surface area contributed by atoms with Crippen molar-refractivity contribution in [3.63, 3.8) is 0 Å². The maximum atomic E-state index is 3.47. The molecule has 3 heteroatoms. The van der Waals surface area contributed by atoms with E-state index in [4.69, 9.17) is 0 Å². The maximum absolute atomic E-state index is 3.47. The molecule has 1 nitrogen and oxygen atoms in total. The predicted octanol–water partition coefficient (Wildman–Crippen LogP) is 2.26. The van der Waals surface area contributed by atoms with Gasteiger partial charge in [-0.25, -0.2) is 0 Å². The highest BCUT2D eigenvalue weighted by Gasteiger charge is 1.99. The van der Waals surface area contributed by atoms with Crippen LogP contribution in [0.15, 0.2) is 0 Å². The zero-order valence-corrected chi connectivity index (χ0v) is 8.82.